The number of benzene rings is 2. The molecule has 3 rings (SSSR count). The lowest BCUT2D eigenvalue weighted by Gasteiger charge is -2.12. The first-order chi connectivity index (χ1) is 13.4. The number of nitrogens with one attached hydrogen (secondary N) is 1. The summed E-state index contributed by atoms with van der Waals surface area (Å²) in [5.41, 5.74) is 1.46. The Kier molecular flexibility index (Phi) is 5.84. The number of halogens is 3. The maximum Gasteiger partial charge on any atom is 0.257 e. The summed E-state index contributed by atoms with van der Waals surface area (Å²) < 4.78 is 19.8. The van der Waals surface area contributed by atoms with Gasteiger partial charge in [-0.1, -0.05) is 29.1 Å². The summed E-state index contributed by atoms with van der Waals surface area (Å²) in [4.78, 5) is 16.5. The number of rotatable bonds is 4. The summed E-state index contributed by atoms with van der Waals surface area (Å²) in [5, 5.41) is 3.03. The van der Waals surface area contributed by atoms with Gasteiger partial charge in [-0.2, -0.15) is 0 Å². The summed E-state index contributed by atoms with van der Waals surface area (Å²) in [7, 11) is 1.48. The van der Waals surface area contributed by atoms with Crippen LogP contribution >= 0.6 is 23.2 Å². The maximum absolute atomic E-state index is 14.7. The van der Waals surface area contributed by atoms with Gasteiger partial charge in [-0.25, -0.2) is 4.39 Å². The summed E-state index contributed by atoms with van der Waals surface area (Å²) in [6, 6.07) is 8.75. The Bertz CT molecular complexity index is 1110. The van der Waals surface area contributed by atoms with Crippen LogP contribution in [0.1, 0.15) is 15.9 Å². The standard InChI is InChI=1S/C21H13Cl2FN2O2/c1-3-12-11-25-7-6-14(12)15-9-17(22)16(10-19(15)24)21(27)26-13-4-5-20(28-2)18(23)8-13/h1,4-11H,2H3,(H,26,27). The van der Waals surface area contributed by atoms with E-state index in [0.29, 0.717) is 27.6 Å². The molecule has 0 radical (unpaired) electrons. The number of anilines is 1. The Morgan fingerprint density at radius 3 is 2.64 bits per heavy atom. The predicted molar refractivity (Wildman–Crippen MR) is 109 cm³/mol. The van der Waals surface area contributed by atoms with Crippen molar-refractivity contribution in [1.82, 2.24) is 4.98 Å². The highest BCUT2D eigenvalue weighted by atomic mass is 35.5. The van der Waals surface area contributed by atoms with Crippen LogP contribution in [0.25, 0.3) is 11.1 Å². The molecule has 0 aliphatic heterocycles. The van der Waals surface area contributed by atoms with Crippen molar-refractivity contribution in [2.24, 2.45) is 0 Å². The second kappa shape index (κ2) is 8.30. The van der Waals surface area contributed by atoms with Gasteiger partial charge in [-0.3, -0.25) is 9.78 Å². The van der Waals surface area contributed by atoms with Crippen molar-refractivity contribution in [2.45, 2.75) is 0 Å². The molecule has 1 aromatic heterocycles. The molecule has 0 saturated carbocycles. The fraction of sp³-hybridized carbons (Fsp3) is 0.0476. The maximum atomic E-state index is 14.7. The van der Waals surface area contributed by atoms with E-state index < -0.39 is 11.7 Å². The number of terminal acetylenes is 1. The van der Waals surface area contributed by atoms with Gasteiger partial charge in [0.1, 0.15) is 11.6 Å². The zero-order valence-corrected chi connectivity index (χ0v) is 16.1. The molecule has 3 aromatic rings. The first-order valence-electron chi connectivity index (χ1n) is 7.99. The van der Waals surface area contributed by atoms with E-state index in [0.717, 1.165) is 6.07 Å². The topological polar surface area (TPSA) is 51.2 Å². The van der Waals surface area contributed by atoms with Crippen LogP contribution < -0.4 is 10.1 Å². The van der Waals surface area contributed by atoms with E-state index in [2.05, 4.69) is 16.2 Å². The Morgan fingerprint density at radius 1 is 1.18 bits per heavy atom. The van der Waals surface area contributed by atoms with Gasteiger partial charge in [0, 0.05) is 29.2 Å². The van der Waals surface area contributed by atoms with Crippen LogP contribution in [0.4, 0.5) is 10.1 Å². The lowest BCUT2D eigenvalue weighted by atomic mass is 10.00. The minimum Gasteiger partial charge on any atom is -0.495 e. The Hall–Kier alpha value is -3.07. The Balaban J connectivity index is 1.93. The number of hydrogen-bond donors (Lipinski definition) is 1. The molecule has 0 aliphatic rings. The second-order valence-corrected chi connectivity index (χ2v) is 6.50. The lowest BCUT2D eigenvalue weighted by Crippen LogP contribution is -2.13. The van der Waals surface area contributed by atoms with Crippen LogP contribution in [0.15, 0.2) is 48.8 Å². The number of amides is 1. The fourth-order valence-corrected chi connectivity index (χ4v) is 3.12. The van der Waals surface area contributed by atoms with E-state index in [1.54, 1.807) is 18.2 Å². The van der Waals surface area contributed by atoms with Gasteiger partial charge in [0.15, 0.2) is 0 Å². The number of hydrogen-bond acceptors (Lipinski definition) is 3. The van der Waals surface area contributed by atoms with Gasteiger partial charge in [-0.05, 0) is 36.4 Å². The molecular weight excluding hydrogens is 402 g/mol. The Morgan fingerprint density at radius 2 is 1.96 bits per heavy atom. The van der Waals surface area contributed by atoms with Crippen LogP contribution in [-0.2, 0) is 0 Å². The van der Waals surface area contributed by atoms with Gasteiger partial charge < -0.3 is 10.1 Å². The van der Waals surface area contributed by atoms with Crippen LogP contribution in [0.5, 0.6) is 5.75 Å². The first kappa shape index (κ1) is 19.7. The van der Waals surface area contributed by atoms with E-state index in [9.17, 15) is 9.18 Å². The highest BCUT2D eigenvalue weighted by molar-refractivity contribution is 6.35. The number of pyridine rings is 1. The highest BCUT2D eigenvalue weighted by Crippen LogP contribution is 2.32. The third-order valence-electron chi connectivity index (χ3n) is 3.98. The molecule has 28 heavy (non-hydrogen) atoms. The van der Waals surface area contributed by atoms with Crippen LogP contribution in [0.2, 0.25) is 10.0 Å². The molecule has 7 heteroatoms. The van der Waals surface area contributed by atoms with E-state index in [1.165, 1.54) is 31.6 Å². The normalized spacial score (nSPS) is 10.2. The summed E-state index contributed by atoms with van der Waals surface area (Å²) in [6.45, 7) is 0. The minimum atomic E-state index is -0.634. The van der Waals surface area contributed by atoms with Crippen molar-refractivity contribution < 1.29 is 13.9 Å². The number of methoxy groups -OCH3 is 1. The van der Waals surface area contributed by atoms with Crippen molar-refractivity contribution in [3.63, 3.8) is 0 Å². The molecule has 1 amide bonds. The zero-order chi connectivity index (χ0) is 20.3. The SMILES string of the molecule is C#Cc1cnccc1-c1cc(Cl)c(C(=O)Nc2ccc(OC)c(Cl)c2)cc1F. The molecule has 0 bridgehead atoms. The largest absolute Gasteiger partial charge is 0.495 e. The van der Waals surface area contributed by atoms with Crippen LogP contribution in [0, 0.1) is 18.2 Å². The van der Waals surface area contributed by atoms with Gasteiger partial charge >= 0.3 is 0 Å². The molecule has 0 unspecified atom stereocenters. The highest BCUT2D eigenvalue weighted by Gasteiger charge is 2.18. The average molecular weight is 415 g/mol. The summed E-state index contributed by atoms with van der Waals surface area (Å²) in [5.74, 6) is 1.70. The predicted octanol–water partition coefficient (Wildman–Crippen LogP) is 5.44. The molecule has 1 N–H and O–H groups in total. The molecule has 2 aromatic carbocycles. The fourth-order valence-electron chi connectivity index (χ4n) is 2.61. The number of carbonyl (C=O) groups is 1. The van der Waals surface area contributed by atoms with Crippen molar-refractivity contribution in [3.8, 4) is 29.2 Å². The van der Waals surface area contributed by atoms with Crippen LogP contribution in [0.3, 0.4) is 0 Å². The molecule has 4 nitrogen and oxygen atoms in total. The Labute approximate surface area is 171 Å². The molecular formula is C21H13Cl2FN2O2. The molecule has 0 aliphatic carbocycles. The monoisotopic (exact) mass is 414 g/mol. The third-order valence-corrected chi connectivity index (χ3v) is 4.59. The first-order valence-corrected chi connectivity index (χ1v) is 8.75. The number of nitrogens with zero attached hydrogens (tertiary/aromatic N) is 1. The van der Waals surface area contributed by atoms with Crippen molar-refractivity contribution in [3.05, 3.63) is 75.8 Å². The summed E-state index contributed by atoms with van der Waals surface area (Å²) >= 11 is 12.3. The molecule has 140 valence electrons. The molecule has 0 fully saturated rings. The number of carbonyl (C=O) groups excluding carboxylic acids is 1. The van der Waals surface area contributed by atoms with Crippen molar-refractivity contribution in [2.75, 3.05) is 12.4 Å². The second-order valence-electron chi connectivity index (χ2n) is 5.68. The number of ether oxygens (including phenoxy) is 1. The quantitative estimate of drug-likeness (QED) is 0.578. The van der Waals surface area contributed by atoms with Crippen molar-refractivity contribution in [1.29, 1.82) is 0 Å². The zero-order valence-electron chi connectivity index (χ0n) is 14.6. The number of aromatic nitrogens is 1. The molecule has 0 spiro atoms. The smallest absolute Gasteiger partial charge is 0.257 e. The van der Waals surface area contributed by atoms with Gasteiger partial charge in [0.05, 0.1) is 28.3 Å². The van der Waals surface area contributed by atoms with E-state index in [4.69, 9.17) is 34.4 Å². The van der Waals surface area contributed by atoms with Crippen LogP contribution in [-0.4, -0.2) is 18.0 Å². The average Bonchev–Trinajstić information content (AvgIpc) is 2.69. The van der Waals surface area contributed by atoms with Gasteiger partial charge in [-0.15, -0.1) is 6.42 Å². The van der Waals surface area contributed by atoms with Gasteiger partial charge in [0.25, 0.3) is 5.91 Å². The van der Waals surface area contributed by atoms with Crippen molar-refractivity contribution >= 4 is 34.8 Å². The van der Waals surface area contributed by atoms with E-state index in [-0.39, 0.29) is 16.1 Å². The molecule has 1 heterocycles. The lowest BCUT2D eigenvalue weighted by molar-refractivity contribution is 0.102. The van der Waals surface area contributed by atoms with E-state index >= 15 is 0 Å². The van der Waals surface area contributed by atoms with E-state index in [1.807, 2.05) is 0 Å². The van der Waals surface area contributed by atoms with Gasteiger partial charge in [0.2, 0.25) is 0 Å². The third kappa shape index (κ3) is 3.94. The molecule has 0 atom stereocenters. The molecule has 0 saturated heterocycles. The summed E-state index contributed by atoms with van der Waals surface area (Å²) in [6.07, 6.45) is 8.40. The minimum absolute atomic E-state index is 0.0221.